The molecule has 0 bridgehead atoms. The van der Waals surface area contributed by atoms with Gasteiger partial charge in [-0.1, -0.05) is 0 Å². The molecule has 1 aromatic carbocycles. The van der Waals surface area contributed by atoms with E-state index in [1.165, 1.54) is 12.1 Å². The van der Waals surface area contributed by atoms with Crippen molar-refractivity contribution in [3.8, 4) is 11.5 Å². The van der Waals surface area contributed by atoms with Crippen molar-refractivity contribution in [3.63, 3.8) is 0 Å². The SMILES string of the molecule is CC(C)(C)NCc1cnccc1Oc1ccc(F)cc1Br. The second-order valence-corrected chi connectivity index (χ2v) is 6.62. The van der Waals surface area contributed by atoms with Crippen LogP contribution in [0.25, 0.3) is 0 Å². The molecule has 5 heteroatoms. The van der Waals surface area contributed by atoms with Gasteiger partial charge in [0, 0.05) is 30.0 Å². The fraction of sp³-hybridized carbons (Fsp3) is 0.312. The average Bonchev–Trinajstić information content (AvgIpc) is 2.40. The Hall–Kier alpha value is -1.46. The van der Waals surface area contributed by atoms with Gasteiger partial charge in [-0.05, 0) is 61.0 Å². The number of halogens is 2. The topological polar surface area (TPSA) is 34.2 Å². The van der Waals surface area contributed by atoms with Crippen LogP contribution in [-0.4, -0.2) is 10.5 Å². The Morgan fingerprint density at radius 1 is 1.24 bits per heavy atom. The highest BCUT2D eigenvalue weighted by molar-refractivity contribution is 9.10. The van der Waals surface area contributed by atoms with E-state index in [0.29, 0.717) is 22.5 Å². The number of ether oxygens (including phenoxy) is 1. The Morgan fingerprint density at radius 3 is 2.67 bits per heavy atom. The van der Waals surface area contributed by atoms with Gasteiger partial charge in [-0.25, -0.2) is 4.39 Å². The molecule has 3 nitrogen and oxygen atoms in total. The first kappa shape index (κ1) is 15.9. The van der Waals surface area contributed by atoms with Gasteiger partial charge in [0.05, 0.1) is 4.47 Å². The summed E-state index contributed by atoms with van der Waals surface area (Å²) in [4.78, 5) is 4.13. The molecule has 2 aromatic rings. The van der Waals surface area contributed by atoms with Gasteiger partial charge in [0.15, 0.2) is 0 Å². The van der Waals surface area contributed by atoms with Crippen LogP contribution in [0.3, 0.4) is 0 Å². The van der Waals surface area contributed by atoms with E-state index < -0.39 is 0 Å². The van der Waals surface area contributed by atoms with E-state index in [0.717, 1.165) is 5.56 Å². The number of hydrogen-bond donors (Lipinski definition) is 1. The van der Waals surface area contributed by atoms with Gasteiger partial charge in [-0.2, -0.15) is 0 Å². The summed E-state index contributed by atoms with van der Waals surface area (Å²) < 4.78 is 19.6. The van der Waals surface area contributed by atoms with E-state index in [4.69, 9.17) is 4.74 Å². The highest BCUT2D eigenvalue weighted by Crippen LogP contribution is 2.31. The maximum Gasteiger partial charge on any atom is 0.141 e. The van der Waals surface area contributed by atoms with Crippen molar-refractivity contribution in [2.45, 2.75) is 32.9 Å². The molecule has 0 aliphatic heterocycles. The van der Waals surface area contributed by atoms with E-state index in [2.05, 4.69) is 47.0 Å². The molecule has 21 heavy (non-hydrogen) atoms. The van der Waals surface area contributed by atoms with Crippen LogP contribution in [0.15, 0.2) is 41.1 Å². The number of nitrogens with one attached hydrogen (secondary N) is 1. The van der Waals surface area contributed by atoms with Crippen molar-refractivity contribution in [2.24, 2.45) is 0 Å². The van der Waals surface area contributed by atoms with E-state index >= 15 is 0 Å². The van der Waals surface area contributed by atoms with Crippen LogP contribution in [0.5, 0.6) is 11.5 Å². The Morgan fingerprint density at radius 2 is 2.00 bits per heavy atom. The van der Waals surface area contributed by atoms with Crippen molar-refractivity contribution < 1.29 is 9.13 Å². The van der Waals surface area contributed by atoms with Gasteiger partial charge in [0.1, 0.15) is 17.3 Å². The fourth-order valence-corrected chi connectivity index (χ4v) is 2.12. The largest absolute Gasteiger partial charge is 0.456 e. The number of nitrogens with zero attached hydrogens (tertiary/aromatic N) is 1. The molecule has 0 unspecified atom stereocenters. The quantitative estimate of drug-likeness (QED) is 0.868. The van der Waals surface area contributed by atoms with E-state index in [1.54, 1.807) is 24.5 Å². The molecule has 0 saturated carbocycles. The summed E-state index contributed by atoms with van der Waals surface area (Å²) in [6.07, 6.45) is 3.44. The lowest BCUT2D eigenvalue weighted by molar-refractivity contribution is 0.413. The van der Waals surface area contributed by atoms with Gasteiger partial charge in [0.25, 0.3) is 0 Å². The predicted octanol–water partition coefficient (Wildman–Crippen LogP) is 4.66. The summed E-state index contributed by atoms with van der Waals surface area (Å²) in [6.45, 7) is 6.94. The maximum absolute atomic E-state index is 13.1. The normalized spacial score (nSPS) is 11.5. The number of hydrogen-bond acceptors (Lipinski definition) is 3. The van der Waals surface area contributed by atoms with Crippen molar-refractivity contribution in [2.75, 3.05) is 0 Å². The molecule has 0 atom stereocenters. The molecule has 0 aliphatic rings. The maximum atomic E-state index is 13.1. The van der Waals surface area contributed by atoms with Gasteiger partial charge in [-0.15, -0.1) is 0 Å². The molecular weight excluding hydrogens is 335 g/mol. The summed E-state index contributed by atoms with van der Waals surface area (Å²) in [7, 11) is 0. The van der Waals surface area contributed by atoms with E-state index in [9.17, 15) is 4.39 Å². The zero-order valence-electron chi connectivity index (χ0n) is 12.3. The van der Waals surface area contributed by atoms with Crippen LogP contribution in [-0.2, 0) is 6.54 Å². The van der Waals surface area contributed by atoms with Crippen LogP contribution in [0.4, 0.5) is 4.39 Å². The van der Waals surface area contributed by atoms with Crippen molar-refractivity contribution in [1.82, 2.24) is 10.3 Å². The predicted molar refractivity (Wildman–Crippen MR) is 85.0 cm³/mol. The molecule has 0 spiro atoms. The van der Waals surface area contributed by atoms with Crippen molar-refractivity contribution >= 4 is 15.9 Å². The zero-order chi connectivity index (χ0) is 15.5. The molecule has 0 amide bonds. The van der Waals surface area contributed by atoms with Crippen molar-refractivity contribution in [1.29, 1.82) is 0 Å². The van der Waals surface area contributed by atoms with Crippen LogP contribution in [0.1, 0.15) is 26.3 Å². The first-order chi connectivity index (χ1) is 9.85. The molecule has 1 aromatic heterocycles. The minimum absolute atomic E-state index is 0.00354. The van der Waals surface area contributed by atoms with Crippen LogP contribution in [0.2, 0.25) is 0 Å². The standard InChI is InChI=1S/C16H18BrFN2O/c1-16(2,3)20-10-11-9-19-7-6-14(11)21-15-5-4-12(18)8-13(15)17/h4-9,20H,10H2,1-3H3. The highest BCUT2D eigenvalue weighted by atomic mass is 79.9. The van der Waals surface area contributed by atoms with Crippen LogP contribution >= 0.6 is 15.9 Å². The first-order valence-corrected chi connectivity index (χ1v) is 7.45. The smallest absolute Gasteiger partial charge is 0.141 e. The molecule has 112 valence electrons. The lowest BCUT2D eigenvalue weighted by Gasteiger charge is -2.21. The molecule has 2 rings (SSSR count). The second kappa shape index (κ2) is 6.54. The van der Waals surface area contributed by atoms with Gasteiger partial charge in [-0.3, -0.25) is 4.98 Å². The monoisotopic (exact) mass is 352 g/mol. The number of aromatic nitrogens is 1. The Bertz CT molecular complexity index is 626. The summed E-state index contributed by atoms with van der Waals surface area (Å²) >= 11 is 3.30. The molecule has 1 heterocycles. The zero-order valence-corrected chi connectivity index (χ0v) is 13.9. The van der Waals surface area contributed by atoms with Crippen molar-refractivity contribution in [3.05, 3.63) is 52.5 Å². The number of pyridine rings is 1. The van der Waals surface area contributed by atoms with Gasteiger partial charge < -0.3 is 10.1 Å². The molecule has 0 aliphatic carbocycles. The van der Waals surface area contributed by atoms with E-state index in [-0.39, 0.29) is 11.4 Å². The second-order valence-electron chi connectivity index (χ2n) is 5.76. The summed E-state index contributed by atoms with van der Waals surface area (Å²) in [6, 6.07) is 6.15. The molecule has 0 saturated heterocycles. The minimum atomic E-state index is -0.307. The Kier molecular flexibility index (Phi) is 4.96. The third kappa shape index (κ3) is 4.79. The molecule has 0 fully saturated rings. The molecule has 0 radical (unpaired) electrons. The summed E-state index contributed by atoms with van der Waals surface area (Å²) in [5, 5.41) is 3.40. The number of rotatable bonds is 4. The Balaban J connectivity index is 2.20. The Labute approximate surface area is 132 Å². The van der Waals surface area contributed by atoms with Gasteiger partial charge >= 0.3 is 0 Å². The lowest BCUT2D eigenvalue weighted by atomic mass is 10.1. The van der Waals surface area contributed by atoms with Gasteiger partial charge in [0.2, 0.25) is 0 Å². The first-order valence-electron chi connectivity index (χ1n) is 6.66. The average molecular weight is 353 g/mol. The lowest BCUT2D eigenvalue weighted by Crippen LogP contribution is -2.35. The molecule has 1 N–H and O–H groups in total. The van der Waals surface area contributed by atoms with Crippen LogP contribution in [0, 0.1) is 5.82 Å². The highest BCUT2D eigenvalue weighted by Gasteiger charge is 2.12. The summed E-state index contributed by atoms with van der Waals surface area (Å²) in [5.74, 6) is 0.965. The number of benzene rings is 1. The minimum Gasteiger partial charge on any atom is -0.456 e. The third-order valence-electron chi connectivity index (χ3n) is 2.78. The van der Waals surface area contributed by atoms with Crippen LogP contribution < -0.4 is 10.1 Å². The summed E-state index contributed by atoms with van der Waals surface area (Å²) in [5.41, 5.74) is 0.951. The molecular formula is C16H18BrFN2O. The fourth-order valence-electron chi connectivity index (χ4n) is 1.68. The third-order valence-corrected chi connectivity index (χ3v) is 3.40. The van der Waals surface area contributed by atoms with E-state index in [1.807, 2.05) is 0 Å².